The second-order valence-electron chi connectivity index (χ2n) is 5.84. The molecule has 0 radical (unpaired) electrons. The number of fused-ring (bicyclic) bond motifs is 1. The first-order valence-electron chi connectivity index (χ1n) is 8.57. The molecule has 136 valence electrons. The number of aromatic nitrogens is 1. The van der Waals surface area contributed by atoms with Crippen molar-refractivity contribution in [2.75, 3.05) is 7.11 Å². The molecular formula is C21H18NO2S2Se+. The number of thiophene rings is 1. The van der Waals surface area contributed by atoms with Crippen LogP contribution >= 0.6 is 22.7 Å². The molecule has 0 aliphatic rings. The van der Waals surface area contributed by atoms with Crippen LogP contribution in [0, 0.1) is 0 Å². The second-order valence-corrected chi connectivity index (χ2v) is 10.3. The van der Waals surface area contributed by atoms with E-state index in [0.717, 1.165) is 11.0 Å². The van der Waals surface area contributed by atoms with Crippen LogP contribution in [-0.4, -0.2) is 27.6 Å². The van der Waals surface area contributed by atoms with Crippen molar-refractivity contribution >= 4 is 65.5 Å². The number of hydrogen-bond acceptors (Lipinski definition) is 4. The Balaban J connectivity index is 1.59. The van der Waals surface area contributed by atoms with Crippen molar-refractivity contribution in [3.05, 3.63) is 62.9 Å². The summed E-state index contributed by atoms with van der Waals surface area (Å²) >= 11 is 3.60. The Morgan fingerprint density at radius 1 is 1.11 bits per heavy atom. The Morgan fingerprint density at radius 2 is 1.96 bits per heavy atom. The summed E-state index contributed by atoms with van der Waals surface area (Å²) in [5, 5.41) is 1.26. The minimum absolute atomic E-state index is 0.0235. The van der Waals surface area contributed by atoms with Crippen molar-refractivity contribution < 1.29 is 14.1 Å². The first-order valence-corrected chi connectivity index (χ1v) is 11.9. The molecule has 6 heteroatoms. The molecule has 0 saturated carbocycles. The van der Waals surface area contributed by atoms with Crippen LogP contribution in [-0.2, 0) is 11.3 Å². The van der Waals surface area contributed by atoms with Crippen molar-refractivity contribution in [2.24, 2.45) is 0 Å². The minimum atomic E-state index is -0.216. The maximum atomic E-state index is 11.7. The molecule has 0 aliphatic heterocycles. The van der Waals surface area contributed by atoms with Gasteiger partial charge >= 0.3 is 172 Å². The van der Waals surface area contributed by atoms with Gasteiger partial charge in [-0.05, 0) is 0 Å². The van der Waals surface area contributed by atoms with Crippen molar-refractivity contribution in [1.82, 2.24) is 0 Å². The van der Waals surface area contributed by atoms with Gasteiger partial charge < -0.3 is 0 Å². The molecule has 3 aromatic heterocycles. The fourth-order valence-corrected chi connectivity index (χ4v) is 7.12. The zero-order valence-electron chi connectivity index (χ0n) is 15.0. The van der Waals surface area contributed by atoms with Crippen LogP contribution in [0.2, 0.25) is 0 Å². The van der Waals surface area contributed by atoms with Crippen LogP contribution < -0.4 is 4.57 Å². The molecule has 0 spiro atoms. The zero-order valence-corrected chi connectivity index (χ0v) is 18.3. The molecular weight excluding hydrogens is 441 g/mol. The SMILES string of the molecule is CC[n+]1c(/C=C/c2ccc(-c3ccc(C(=O)OC)[se]3)s2)sc2ccccc21. The third kappa shape index (κ3) is 3.71. The molecule has 0 N–H and O–H groups in total. The topological polar surface area (TPSA) is 30.2 Å². The fourth-order valence-electron chi connectivity index (χ4n) is 2.91. The van der Waals surface area contributed by atoms with E-state index in [4.69, 9.17) is 4.74 Å². The number of benzene rings is 1. The Bertz CT molecular complexity index is 1140. The normalized spacial score (nSPS) is 11.5. The average molecular weight is 459 g/mol. The summed E-state index contributed by atoms with van der Waals surface area (Å²) in [7, 11) is 1.43. The fraction of sp³-hybridized carbons (Fsp3) is 0.143. The van der Waals surface area contributed by atoms with E-state index in [1.807, 2.05) is 23.5 Å². The first kappa shape index (κ1) is 18.4. The quantitative estimate of drug-likeness (QED) is 0.240. The molecule has 0 amide bonds. The maximum absolute atomic E-state index is 11.7. The predicted molar refractivity (Wildman–Crippen MR) is 115 cm³/mol. The number of rotatable bonds is 5. The van der Waals surface area contributed by atoms with Crippen LogP contribution in [0.5, 0.6) is 0 Å². The Hall–Kier alpha value is -1.98. The number of ether oxygens (including phenoxy) is 1. The van der Waals surface area contributed by atoms with Crippen LogP contribution in [0.3, 0.4) is 0 Å². The molecule has 3 heterocycles. The van der Waals surface area contributed by atoms with Gasteiger partial charge in [0, 0.05) is 0 Å². The number of aryl methyl sites for hydroxylation is 1. The van der Waals surface area contributed by atoms with Crippen molar-refractivity contribution in [3.63, 3.8) is 0 Å². The number of nitrogens with zero attached hydrogens (tertiary/aromatic N) is 1. The predicted octanol–water partition coefficient (Wildman–Crippen LogP) is 4.95. The van der Waals surface area contributed by atoms with Crippen LogP contribution in [0.1, 0.15) is 26.0 Å². The summed E-state index contributed by atoms with van der Waals surface area (Å²) in [6.45, 7) is 3.14. The molecule has 0 aliphatic carbocycles. The van der Waals surface area contributed by atoms with Gasteiger partial charge in [-0.15, -0.1) is 0 Å². The summed E-state index contributed by atoms with van der Waals surface area (Å²) in [6, 6.07) is 16.8. The van der Waals surface area contributed by atoms with E-state index >= 15 is 0 Å². The molecule has 4 rings (SSSR count). The molecule has 0 unspecified atom stereocenters. The van der Waals surface area contributed by atoms with Gasteiger partial charge in [-0.3, -0.25) is 0 Å². The average Bonchev–Trinajstić information content (AvgIpc) is 3.42. The van der Waals surface area contributed by atoms with Crippen molar-refractivity contribution in [2.45, 2.75) is 13.5 Å². The Labute approximate surface area is 171 Å². The summed E-state index contributed by atoms with van der Waals surface area (Å²) in [6.07, 6.45) is 4.39. The Kier molecular flexibility index (Phi) is 5.41. The molecule has 0 fully saturated rings. The van der Waals surface area contributed by atoms with Crippen molar-refractivity contribution in [3.8, 4) is 9.31 Å². The van der Waals surface area contributed by atoms with E-state index in [0.29, 0.717) is 0 Å². The number of esters is 1. The van der Waals surface area contributed by atoms with Gasteiger partial charge in [-0.1, -0.05) is 0 Å². The van der Waals surface area contributed by atoms with Crippen molar-refractivity contribution in [1.29, 1.82) is 0 Å². The molecule has 1 aromatic carbocycles. The van der Waals surface area contributed by atoms with Gasteiger partial charge in [-0.2, -0.15) is 0 Å². The molecule has 0 bridgehead atoms. The number of carbonyl (C=O) groups is 1. The third-order valence-corrected chi connectivity index (χ3v) is 9.02. The van der Waals surface area contributed by atoms with Gasteiger partial charge in [0.15, 0.2) is 0 Å². The zero-order chi connectivity index (χ0) is 18.8. The summed E-state index contributed by atoms with van der Waals surface area (Å²) in [5.74, 6) is -0.216. The molecule has 0 saturated heterocycles. The van der Waals surface area contributed by atoms with Gasteiger partial charge in [0.05, 0.1) is 0 Å². The second kappa shape index (κ2) is 7.95. The van der Waals surface area contributed by atoms with Gasteiger partial charge in [0.1, 0.15) is 0 Å². The molecule has 3 nitrogen and oxygen atoms in total. The molecule has 27 heavy (non-hydrogen) atoms. The number of methoxy groups -OCH3 is 1. The van der Waals surface area contributed by atoms with E-state index in [-0.39, 0.29) is 20.5 Å². The van der Waals surface area contributed by atoms with E-state index in [1.165, 1.54) is 36.5 Å². The number of thiazole rings is 1. The Morgan fingerprint density at radius 3 is 2.78 bits per heavy atom. The van der Waals surface area contributed by atoms with Gasteiger partial charge in [0.25, 0.3) is 0 Å². The number of hydrogen-bond donors (Lipinski definition) is 0. The summed E-state index contributed by atoms with van der Waals surface area (Å²) in [4.78, 5) is 14.1. The summed E-state index contributed by atoms with van der Waals surface area (Å²) < 4.78 is 10.5. The molecule has 4 aromatic rings. The number of carbonyl (C=O) groups excluding carboxylic acids is 1. The number of para-hydroxylation sites is 1. The monoisotopic (exact) mass is 460 g/mol. The standard InChI is InChI=1S/C21H18NO2S2Se/c1-3-22-15-6-4-5-7-16(15)26-20(22)13-9-14-8-10-17(25-14)18-11-12-19(27-18)21(23)24-2/h4-13H,3H2,1-2H3/q+1/b13-9+. The van der Waals surface area contributed by atoms with Crippen LogP contribution in [0.25, 0.3) is 31.7 Å². The van der Waals surface area contributed by atoms with E-state index in [9.17, 15) is 4.79 Å². The first-order chi connectivity index (χ1) is 13.2. The van der Waals surface area contributed by atoms with Gasteiger partial charge in [-0.25, -0.2) is 0 Å². The van der Waals surface area contributed by atoms with E-state index in [2.05, 4.69) is 60.0 Å². The van der Waals surface area contributed by atoms with E-state index in [1.54, 1.807) is 11.3 Å². The summed E-state index contributed by atoms with van der Waals surface area (Å²) in [5.41, 5.74) is 1.29. The molecule has 0 atom stereocenters. The van der Waals surface area contributed by atoms with Gasteiger partial charge in [0.2, 0.25) is 0 Å². The third-order valence-electron chi connectivity index (χ3n) is 4.21. The van der Waals surface area contributed by atoms with E-state index < -0.39 is 0 Å². The van der Waals surface area contributed by atoms with Crippen LogP contribution in [0.15, 0.2) is 48.5 Å². The van der Waals surface area contributed by atoms with Crippen LogP contribution in [0.4, 0.5) is 0 Å².